The minimum absolute atomic E-state index is 0. The Balaban J connectivity index is 0.000000218. The Morgan fingerprint density at radius 3 is 1.40 bits per heavy atom. The van der Waals surface area contributed by atoms with E-state index in [0.717, 1.165) is 17.8 Å². The summed E-state index contributed by atoms with van der Waals surface area (Å²) >= 11 is 0. The molecule has 6 aromatic heterocycles. The van der Waals surface area contributed by atoms with Crippen molar-refractivity contribution in [1.82, 2.24) is 46.0 Å². The monoisotopic (exact) mass is 1180 g/mol. The van der Waals surface area contributed by atoms with E-state index >= 15 is 0 Å². The number of nitrogens with zero attached hydrogens (tertiary/aromatic N) is 6. The SMILES string of the molecule is C.NCc1cnccn1.Nc1ccc(/C=C/C(=O)NCc2cc3cc(-c4ccc(C(=O)NNc5cnccn5)cc4)cc(C(F)(F)F)c3o2)cn1.Nc1ccc(/C=C/C(=O)NCc2cc3cc(-c4ccc(C(=O)O)cc4)cc(C(F)(F)F)c3o2)cn1. The van der Waals surface area contributed by atoms with Crippen LogP contribution in [-0.2, 0) is 41.6 Å². The summed E-state index contributed by atoms with van der Waals surface area (Å²) in [5.41, 5.74) is 22.6. The molecular weight excluding hydrogens is 1130 g/mol. The summed E-state index contributed by atoms with van der Waals surface area (Å²) in [6, 6.07) is 26.0. The minimum atomic E-state index is -4.70. The second-order valence-corrected chi connectivity index (χ2v) is 18.0. The summed E-state index contributed by atoms with van der Waals surface area (Å²) in [6.07, 6.45) is 8.43. The van der Waals surface area contributed by atoms with Gasteiger partial charge >= 0.3 is 18.3 Å². The lowest BCUT2D eigenvalue weighted by Gasteiger charge is -2.11. The van der Waals surface area contributed by atoms with Gasteiger partial charge in [-0.2, -0.15) is 26.3 Å². The van der Waals surface area contributed by atoms with Crippen molar-refractivity contribution in [1.29, 1.82) is 0 Å². The first kappa shape index (κ1) is 62.3. The molecule has 0 aliphatic carbocycles. The molecule has 0 unspecified atom stereocenters. The molecular formula is C60H51F6N13O7. The van der Waals surface area contributed by atoms with Crippen molar-refractivity contribution in [2.24, 2.45) is 5.73 Å². The van der Waals surface area contributed by atoms with Gasteiger partial charge in [0, 0.05) is 78.4 Å². The summed E-state index contributed by atoms with van der Waals surface area (Å²) in [7, 11) is 0. The highest BCUT2D eigenvalue weighted by Crippen LogP contribution is 2.41. The Morgan fingerprint density at radius 2 is 1.01 bits per heavy atom. The molecule has 0 aliphatic rings. The number of carbonyl (C=O) groups excluding carboxylic acids is 3. The third-order valence-corrected chi connectivity index (χ3v) is 11.9. The van der Waals surface area contributed by atoms with Crippen LogP contribution in [0.25, 0.3) is 56.3 Å². The number of pyridine rings is 2. The number of halogens is 6. The number of alkyl halides is 6. The van der Waals surface area contributed by atoms with Crippen LogP contribution >= 0.6 is 0 Å². The van der Waals surface area contributed by atoms with Gasteiger partial charge in [0.05, 0.1) is 41.7 Å². The molecule has 10 rings (SSSR count). The molecule has 0 saturated carbocycles. The minimum Gasteiger partial charge on any atom is -0.478 e. The molecule has 0 spiro atoms. The molecule has 0 atom stereocenters. The zero-order valence-electron chi connectivity index (χ0n) is 44.0. The number of aromatic nitrogens is 6. The molecule has 26 heteroatoms. The summed E-state index contributed by atoms with van der Waals surface area (Å²) in [4.78, 5) is 71.2. The number of hydrazine groups is 1. The number of benzene rings is 4. The van der Waals surface area contributed by atoms with Crippen molar-refractivity contribution < 1.29 is 59.5 Å². The van der Waals surface area contributed by atoms with Crippen LogP contribution in [0.5, 0.6) is 0 Å². The molecule has 0 radical (unpaired) electrons. The molecule has 0 fully saturated rings. The first-order valence-corrected chi connectivity index (χ1v) is 25.0. The van der Waals surface area contributed by atoms with Gasteiger partial charge < -0.3 is 41.8 Å². The molecule has 20 nitrogen and oxygen atoms in total. The number of aromatic carboxylic acids is 1. The second kappa shape index (κ2) is 28.1. The van der Waals surface area contributed by atoms with E-state index < -0.39 is 47.2 Å². The quantitative estimate of drug-likeness (QED) is 0.0269. The zero-order valence-corrected chi connectivity index (χ0v) is 44.0. The van der Waals surface area contributed by atoms with Gasteiger partial charge in [0.15, 0.2) is 5.82 Å². The molecule has 11 N–H and O–H groups in total. The maximum atomic E-state index is 14.0. The van der Waals surface area contributed by atoms with Crippen LogP contribution in [0.15, 0.2) is 180 Å². The Labute approximate surface area is 484 Å². The number of furan rings is 2. The van der Waals surface area contributed by atoms with Crippen LogP contribution in [-0.4, -0.2) is 58.7 Å². The summed E-state index contributed by atoms with van der Waals surface area (Å²) in [5, 5.41) is 14.6. The van der Waals surface area contributed by atoms with E-state index in [-0.39, 0.29) is 76.2 Å². The van der Waals surface area contributed by atoms with Crippen molar-refractivity contribution in [2.75, 3.05) is 16.9 Å². The van der Waals surface area contributed by atoms with Crippen LogP contribution in [0.2, 0.25) is 0 Å². The van der Waals surface area contributed by atoms with E-state index in [1.54, 1.807) is 61.1 Å². The number of carbonyl (C=O) groups is 4. The van der Waals surface area contributed by atoms with Gasteiger partial charge in [0.25, 0.3) is 5.91 Å². The molecule has 10 aromatic rings. The van der Waals surface area contributed by atoms with Crippen LogP contribution in [0.1, 0.15) is 67.6 Å². The number of anilines is 3. The van der Waals surface area contributed by atoms with Crippen molar-refractivity contribution in [3.63, 3.8) is 0 Å². The van der Waals surface area contributed by atoms with Crippen molar-refractivity contribution in [3.8, 4) is 22.3 Å². The lowest BCUT2D eigenvalue weighted by molar-refractivity contribution is -0.137. The second-order valence-electron chi connectivity index (χ2n) is 18.0. The highest BCUT2D eigenvalue weighted by molar-refractivity contribution is 5.96. The smallest absolute Gasteiger partial charge is 0.420 e. The Hall–Kier alpha value is -11.3. The number of fused-ring (bicyclic) bond motifs is 2. The van der Waals surface area contributed by atoms with Crippen molar-refractivity contribution in [3.05, 3.63) is 222 Å². The highest BCUT2D eigenvalue weighted by Gasteiger charge is 2.36. The topological polar surface area (TPSA) is 318 Å². The fraction of sp³-hybridized carbons (Fsp3) is 0.100. The largest absolute Gasteiger partial charge is 0.478 e. The number of nitrogens with two attached hydrogens (primary N) is 3. The predicted octanol–water partition coefficient (Wildman–Crippen LogP) is 10.7. The molecule has 86 heavy (non-hydrogen) atoms. The van der Waals surface area contributed by atoms with Gasteiger partial charge in [-0.15, -0.1) is 0 Å². The van der Waals surface area contributed by atoms with E-state index in [9.17, 15) is 45.5 Å². The Morgan fingerprint density at radius 1 is 0.547 bits per heavy atom. The van der Waals surface area contributed by atoms with E-state index in [2.05, 4.69) is 51.4 Å². The maximum absolute atomic E-state index is 14.0. The fourth-order valence-corrected chi connectivity index (χ4v) is 7.79. The number of hydrogen-bond donors (Lipinski definition) is 8. The number of nitrogens with one attached hydrogen (secondary N) is 4. The standard InChI is InChI=1S/C29H22F3N7O3.C25H18F3N3O4.C5H7N3.CH4/c30-29(31,32)23-13-20(18-3-5-19(6-4-18)28(41)39-38-25-16-34-9-10-35-25)11-21-12-22(42-27(21)23)15-37-26(40)8-2-17-1-7-24(33)36-14-17;26-25(27,28)20-11-17(15-3-5-16(6-4-15)24(33)34)9-18-10-19(35-23(18)20)13-31-22(32)8-2-14-1-7-21(29)30-12-14;6-3-5-4-7-1-2-8-5;/h1-14,16H,15H2,(H2,33,36)(H,35,38)(H,37,40)(H,39,41);1-12H,13H2,(H2,29,30)(H,31,32)(H,33,34);1-2,4H,3,6H2;1H4/b2*8-2+;;. The first-order chi connectivity index (χ1) is 40.7. The first-order valence-electron chi connectivity index (χ1n) is 25.0. The van der Waals surface area contributed by atoms with Crippen LogP contribution in [0.4, 0.5) is 43.8 Å². The van der Waals surface area contributed by atoms with Gasteiger partial charge in [-0.25, -0.2) is 19.7 Å². The maximum Gasteiger partial charge on any atom is 0.420 e. The molecule has 6 heterocycles. The average molecular weight is 1180 g/mol. The van der Waals surface area contributed by atoms with E-state index in [1.165, 1.54) is 110 Å². The van der Waals surface area contributed by atoms with E-state index in [4.69, 9.17) is 31.1 Å². The van der Waals surface area contributed by atoms with Crippen LogP contribution in [0.3, 0.4) is 0 Å². The lowest BCUT2D eigenvalue weighted by Crippen LogP contribution is -2.29. The number of amides is 3. The molecule has 4 aromatic carbocycles. The number of hydrogen-bond acceptors (Lipinski definition) is 16. The van der Waals surface area contributed by atoms with Gasteiger partial charge in [0.2, 0.25) is 11.8 Å². The normalized spacial score (nSPS) is 11.2. The Bertz CT molecular complexity index is 4010. The third kappa shape index (κ3) is 17.1. The van der Waals surface area contributed by atoms with Gasteiger partial charge in [0.1, 0.15) is 34.3 Å². The number of carboxylic acids is 1. The number of rotatable bonds is 15. The predicted molar refractivity (Wildman–Crippen MR) is 309 cm³/mol. The van der Waals surface area contributed by atoms with Gasteiger partial charge in [-0.05, 0) is 130 Å². The molecule has 0 saturated heterocycles. The fourth-order valence-electron chi connectivity index (χ4n) is 7.79. The molecule has 3 amide bonds. The van der Waals surface area contributed by atoms with Gasteiger partial charge in [-0.3, -0.25) is 40.2 Å². The summed E-state index contributed by atoms with van der Waals surface area (Å²) < 4.78 is 94.2. The Kier molecular flexibility index (Phi) is 20.4. The van der Waals surface area contributed by atoms with Crippen molar-refractivity contribution in [2.45, 2.75) is 39.4 Å². The molecule has 0 aliphatic heterocycles. The summed E-state index contributed by atoms with van der Waals surface area (Å²) in [5.74, 6) is -1.25. The zero-order chi connectivity index (χ0) is 60.7. The summed E-state index contributed by atoms with van der Waals surface area (Å²) in [6.45, 7) is 0.211. The molecule has 0 bridgehead atoms. The average Bonchev–Trinajstić information content (AvgIpc) is 3.39. The van der Waals surface area contributed by atoms with E-state index in [0.29, 0.717) is 46.3 Å². The van der Waals surface area contributed by atoms with E-state index in [1.807, 2.05) is 0 Å². The van der Waals surface area contributed by atoms with Crippen LogP contribution < -0.4 is 38.7 Å². The highest BCUT2D eigenvalue weighted by atomic mass is 19.4. The van der Waals surface area contributed by atoms with Crippen molar-refractivity contribution >= 4 is 75.2 Å². The van der Waals surface area contributed by atoms with Crippen LogP contribution in [0, 0.1) is 0 Å². The third-order valence-electron chi connectivity index (χ3n) is 11.9. The number of nitrogen functional groups attached to an aromatic ring is 2. The number of carboxylic acid groups (broad SMARTS) is 1. The lowest BCUT2D eigenvalue weighted by atomic mass is 9.99. The van der Waals surface area contributed by atoms with Gasteiger partial charge in [-0.1, -0.05) is 31.7 Å². The molecule has 440 valence electrons.